The number of benzene rings is 3. The molecular formula is C125H225N5O6. The number of nitrogens with one attached hydrogen (secondary N) is 2. The first kappa shape index (κ1) is 123. The lowest BCUT2D eigenvalue weighted by Crippen LogP contribution is -2.09. The molecule has 0 fully saturated rings. The minimum absolute atomic E-state index is 0.415. The van der Waals surface area contributed by atoms with E-state index >= 15 is 0 Å². The zero-order valence-corrected chi connectivity index (χ0v) is 91.5. The number of rotatable bonds is 108. The molecule has 0 saturated carbocycles. The van der Waals surface area contributed by atoms with Crippen molar-refractivity contribution in [1.29, 1.82) is 0 Å². The van der Waals surface area contributed by atoms with Crippen LogP contribution in [-0.4, -0.2) is 54.6 Å². The molecular weight excluding hydrogens is 1670 g/mol. The summed E-state index contributed by atoms with van der Waals surface area (Å²) >= 11 is 0. The van der Waals surface area contributed by atoms with Gasteiger partial charge >= 0.3 is 0 Å². The molecule has 11 heteroatoms. The largest absolute Gasteiger partial charge is 0.489 e. The van der Waals surface area contributed by atoms with Gasteiger partial charge in [0.2, 0.25) is 23.4 Å². The van der Waals surface area contributed by atoms with Crippen LogP contribution in [0.15, 0.2) is 48.5 Å². The first-order valence-corrected chi connectivity index (χ1v) is 61.0. The lowest BCUT2D eigenvalue weighted by Gasteiger charge is -2.20. The number of nitrogens with zero attached hydrogens (tertiary/aromatic N) is 3. The first-order valence-electron chi connectivity index (χ1n) is 61.0. The molecule has 0 radical (unpaired) electrons. The van der Waals surface area contributed by atoms with Crippen molar-refractivity contribution in [2.45, 2.75) is 633 Å². The number of ether oxygens (including phenoxy) is 6. The smallest absolute Gasteiger partial charge is 0.232 e. The summed E-state index contributed by atoms with van der Waals surface area (Å²) in [5.41, 5.74) is 3.74. The van der Waals surface area contributed by atoms with Gasteiger partial charge in [-0.1, -0.05) is 612 Å². The van der Waals surface area contributed by atoms with E-state index in [0.717, 1.165) is 100 Å². The standard InChI is InChI=1S/C125H225N5O6/c1-8-15-21-27-33-39-45-51-57-63-69-75-81-87-93-103-131-117-109-115(110-118(132-104-94-88-82-76-70-64-58-52-46-40-34-28-22-16-9-2)121(117)135-107-97-91-85-79-73-67-61-55-49-43-37-31-25-19-12-5)126-124-128-123(114-101-99-113(14-7)100-102-114)129-125(130-124)127-116-111-119(133-105-95-89-83-77-71-65-59-53-47-41-35-29-23-17-10-3)122(136-108-98-92-86-80-74-68-62-56-50-44-38-32-26-20-13-6)120(112-116)134-106-96-90-84-78-72-66-60-54-48-42-36-30-24-18-11-4/h99-102,109-112H,8-98,103-108H2,1-7H3,(H2,126,127,128,129,130). The first-order chi connectivity index (χ1) is 67.5. The molecule has 0 atom stereocenters. The maximum atomic E-state index is 7.03. The molecule has 136 heavy (non-hydrogen) atoms. The molecule has 0 aliphatic rings. The number of hydrogen-bond donors (Lipinski definition) is 2. The highest BCUT2D eigenvalue weighted by atomic mass is 16.5. The monoisotopic (exact) mass is 1890 g/mol. The molecule has 4 rings (SSSR count). The second-order valence-corrected chi connectivity index (χ2v) is 42.0. The van der Waals surface area contributed by atoms with Gasteiger partial charge in [0.15, 0.2) is 28.8 Å². The van der Waals surface area contributed by atoms with E-state index in [2.05, 4.69) is 108 Å². The fourth-order valence-electron chi connectivity index (χ4n) is 19.7. The maximum Gasteiger partial charge on any atom is 0.232 e. The summed E-state index contributed by atoms with van der Waals surface area (Å²) in [7, 11) is 0. The quantitative estimate of drug-likeness (QED) is 0.0412. The van der Waals surface area contributed by atoms with Gasteiger partial charge in [-0.05, 0) is 50.5 Å². The van der Waals surface area contributed by atoms with Gasteiger partial charge in [-0.2, -0.15) is 15.0 Å². The Kier molecular flexibility index (Phi) is 87.3. The molecule has 2 N–H and O–H groups in total. The van der Waals surface area contributed by atoms with Crippen LogP contribution in [0.25, 0.3) is 11.4 Å². The number of unbranched alkanes of at least 4 members (excludes halogenated alkanes) is 84. The second-order valence-electron chi connectivity index (χ2n) is 42.0. The van der Waals surface area contributed by atoms with Gasteiger partial charge in [0.1, 0.15) is 0 Å². The molecule has 0 bridgehead atoms. The summed E-state index contributed by atoms with van der Waals surface area (Å²) < 4.78 is 42.2. The molecule has 0 saturated heterocycles. The summed E-state index contributed by atoms with van der Waals surface area (Å²) in [4.78, 5) is 15.9. The van der Waals surface area contributed by atoms with Crippen molar-refractivity contribution in [3.05, 3.63) is 54.1 Å². The van der Waals surface area contributed by atoms with Gasteiger partial charge in [-0.3, -0.25) is 0 Å². The van der Waals surface area contributed by atoms with E-state index in [1.54, 1.807) is 0 Å². The summed E-state index contributed by atoms with van der Waals surface area (Å²) in [6, 6.07) is 17.2. The van der Waals surface area contributed by atoms with E-state index in [4.69, 9.17) is 43.4 Å². The Bertz CT molecular complexity index is 2870. The Morgan fingerprint density at radius 2 is 0.331 bits per heavy atom. The van der Waals surface area contributed by atoms with Crippen LogP contribution >= 0.6 is 0 Å². The highest BCUT2D eigenvalue weighted by Gasteiger charge is 2.22. The van der Waals surface area contributed by atoms with Crippen molar-refractivity contribution >= 4 is 23.3 Å². The number of hydrogen-bond acceptors (Lipinski definition) is 11. The number of anilines is 4. The van der Waals surface area contributed by atoms with Crippen LogP contribution < -0.4 is 39.1 Å². The molecule has 11 nitrogen and oxygen atoms in total. The summed E-state index contributed by atoms with van der Waals surface area (Å²) in [5, 5.41) is 7.52. The molecule has 0 unspecified atom stereocenters. The predicted molar refractivity (Wildman–Crippen MR) is 597 cm³/mol. The van der Waals surface area contributed by atoms with Crippen molar-refractivity contribution in [3.8, 4) is 45.9 Å². The molecule has 0 aliphatic heterocycles. The van der Waals surface area contributed by atoms with E-state index in [-0.39, 0.29) is 0 Å². The predicted octanol–water partition coefficient (Wildman–Crippen LogP) is 43.1. The van der Waals surface area contributed by atoms with E-state index in [0.29, 0.717) is 91.9 Å². The van der Waals surface area contributed by atoms with Gasteiger partial charge in [0.05, 0.1) is 39.6 Å². The molecule has 0 aliphatic carbocycles. The Balaban J connectivity index is 1.70. The van der Waals surface area contributed by atoms with Crippen LogP contribution in [0.1, 0.15) is 632 Å². The van der Waals surface area contributed by atoms with Crippen LogP contribution in [0.3, 0.4) is 0 Å². The van der Waals surface area contributed by atoms with Crippen molar-refractivity contribution in [2.75, 3.05) is 50.3 Å². The van der Waals surface area contributed by atoms with Crippen LogP contribution in [0.2, 0.25) is 0 Å². The van der Waals surface area contributed by atoms with E-state index < -0.39 is 0 Å². The Morgan fingerprint density at radius 3 is 0.493 bits per heavy atom. The summed E-state index contributed by atoms with van der Waals surface area (Å²) in [6.45, 7) is 19.7. The van der Waals surface area contributed by atoms with E-state index in [1.165, 1.54) is 506 Å². The zero-order valence-electron chi connectivity index (χ0n) is 91.5. The minimum atomic E-state index is 0.415. The van der Waals surface area contributed by atoms with Crippen LogP contribution in [-0.2, 0) is 6.42 Å². The third-order valence-corrected chi connectivity index (χ3v) is 28.8. The van der Waals surface area contributed by atoms with E-state index in [1.807, 2.05) is 0 Å². The van der Waals surface area contributed by atoms with Crippen LogP contribution in [0.4, 0.5) is 23.3 Å². The van der Waals surface area contributed by atoms with Crippen molar-refractivity contribution in [2.24, 2.45) is 0 Å². The molecule has 0 spiro atoms. The summed E-state index contributed by atoms with van der Waals surface area (Å²) in [6.07, 6.45) is 120. The Morgan fingerprint density at radius 1 is 0.176 bits per heavy atom. The average molecular weight is 1890 g/mol. The van der Waals surface area contributed by atoms with Crippen LogP contribution in [0.5, 0.6) is 34.5 Å². The summed E-state index contributed by atoms with van der Waals surface area (Å²) in [5.74, 6) is 5.66. The number of aryl methyl sites for hydroxylation is 1. The normalized spacial score (nSPS) is 11.6. The van der Waals surface area contributed by atoms with E-state index in [9.17, 15) is 0 Å². The van der Waals surface area contributed by atoms with Gasteiger partial charge in [0.25, 0.3) is 0 Å². The Hall–Kier alpha value is -4.93. The molecule has 1 aromatic heterocycles. The van der Waals surface area contributed by atoms with Gasteiger partial charge in [0, 0.05) is 41.2 Å². The number of aromatic nitrogens is 3. The fraction of sp³-hybridized carbons (Fsp3) is 0.832. The minimum Gasteiger partial charge on any atom is -0.489 e. The molecule has 1 heterocycles. The fourth-order valence-corrected chi connectivity index (χ4v) is 19.7. The van der Waals surface area contributed by atoms with Crippen molar-refractivity contribution in [1.82, 2.24) is 15.0 Å². The third kappa shape index (κ3) is 72.3. The van der Waals surface area contributed by atoms with Gasteiger partial charge in [-0.15, -0.1) is 0 Å². The lowest BCUT2D eigenvalue weighted by molar-refractivity contribution is 0.234. The second kappa shape index (κ2) is 96.2. The maximum absolute atomic E-state index is 7.03. The topological polar surface area (TPSA) is 118 Å². The highest BCUT2D eigenvalue weighted by molar-refractivity contribution is 5.70. The molecule has 4 aromatic rings. The molecule has 3 aromatic carbocycles. The van der Waals surface area contributed by atoms with Gasteiger partial charge < -0.3 is 39.1 Å². The Labute approximate surface area is 844 Å². The third-order valence-electron chi connectivity index (χ3n) is 28.8. The van der Waals surface area contributed by atoms with Crippen molar-refractivity contribution in [3.63, 3.8) is 0 Å². The molecule has 0 amide bonds. The zero-order chi connectivity index (χ0) is 96.5. The average Bonchev–Trinajstić information content (AvgIpc) is 0.802. The highest BCUT2D eigenvalue weighted by Crippen LogP contribution is 2.45. The van der Waals surface area contributed by atoms with Crippen molar-refractivity contribution < 1.29 is 28.4 Å². The lowest BCUT2D eigenvalue weighted by atomic mass is 10.0. The molecule has 786 valence electrons. The van der Waals surface area contributed by atoms with Crippen LogP contribution in [0, 0.1) is 0 Å². The van der Waals surface area contributed by atoms with Gasteiger partial charge in [-0.25, -0.2) is 0 Å². The SMILES string of the molecule is CCCCCCCCCCCCCCCCCOc1cc(Nc2nc(Nc3cc(OCCCCCCCCCCCCCCCCC)c(OCCCCCCCCCCCCCCCCC)c(OCCCCCCCCCCCCCCCCC)c3)nc(-c3ccc(CC)cc3)n2)cc(OCCCCCCCCCCCCCCCCC)c1OCCCCCCCCCCCCCCCCC.